The van der Waals surface area contributed by atoms with Crippen molar-refractivity contribution in [2.45, 2.75) is 27.1 Å². The first kappa shape index (κ1) is 22.8. The van der Waals surface area contributed by atoms with Gasteiger partial charge in [-0.2, -0.15) is 8.78 Å². The Labute approximate surface area is 171 Å². The Bertz CT molecular complexity index is 916. The lowest BCUT2D eigenvalue weighted by Gasteiger charge is -2.12. The van der Waals surface area contributed by atoms with Gasteiger partial charge in [0.2, 0.25) is 0 Å². The molecule has 30 heavy (non-hydrogen) atoms. The van der Waals surface area contributed by atoms with Crippen molar-refractivity contribution in [2.24, 2.45) is 0 Å². The number of hydrogen-bond donors (Lipinski definition) is 1. The van der Waals surface area contributed by atoms with Crippen molar-refractivity contribution in [2.75, 3.05) is 13.2 Å². The Balaban J connectivity index is 1.93. The van der Waals surface area contributed by atoms with Gasteiger partial charge in [-0.25, -0.2) is 0 Å². The Morgan fingerprint density at radius 3 is 2.50 bits per heavy atom. The van der Waals surface area contributed by atoms with Crippen molar-refractivity contribution in [3.05, 3.63) is 59.2 Å². The maximum atomic E-state index is 12.3. The zero-order valence-corrected chi connectivity index (χ0v) is 16.4. The van der Waals surface area contributed by atoms with Crippen LogP contribution in [-0.4, -0.2) is 37.4 Å². The Kier molecular flexibility index (Phi) is 8.28. The minimum Gasteiger partial charge on any atom is -0.493 e. The predicted molar refractivity (Wildman–Crippen MR) is 103 cm³/mol. The standard InChI is InChI=1S/C21H21F2NO6/c1-3-28-18-8-7-14(13(2)25)9-16(18)12-29-19(26)11-24-20(27)15-5-4-6-17(10-15)30-21(22)23/h4-10,21H,3,11-12H2,1-2H3,(H,24,27). The number of ether oxygens (including phenoxy) is 3. The number of nitrogens with one attached hydrogen (secondary N) is 1. The van der Waals surface area contributed by atoms with E-state index in [0.29, 0.717) is 23.5 Å². The summed E-state index contributed by atoms with van der Waals surface area (Å²) in [6.45, 7) is 0.0119. The largest absolute Gasteiger partial charge is 0.493 e. The molecule has 2 aromatic rings. The number of carbonyl (C=O) groups is 3. The Hall–Kier alpha value is -3.49. The number of alkyl halides is 2. The number of esters is 1. The molecule has 0 radical (unpaired) electrons. The van der Waals surface area contributed by atoms with Crippen LogP contribution in [0.5, 0.6) is 11.5 Å². The highest BCUT2D eigenvalue weighted by atomic mass is 19.3. The quantitative estimate of drug-likeness (QED) is 0.467. The maximum Gasteiger partial charge on any atom is 0.387 e. The van der Waals surface area contributed by atoms with E-state index in [0.717, 1.165) is 6.07 Å². The molecule has 9 heteroatoms. The molecule has 0 aromatic heterocycles. The predicted octanol–water partition coefficient (Wildman–Crippen LogP) is 3.36. The lowest BCUT2D eigenvalue weighted by atomic mass is 10.1. The summed E-state index contributed by atoms with van der Waals surface area (Å²) in [7, 11) is 0. The zero-order valence-electron chi connectivity index (χ0n) is 16.4. The molecule has 0 saturated carbocycles. The Morgan fingerprint density at radius 2 is 1.83 bits per heavy atom. The van der Waals surface area contributed by atoms with Gasteiger partial charge in [-0.3, -0.25) is 14.4 Å². The third-order valence-corrected chi connectivity index (χ3v) is 3.87. The second-order valence-electron chi connectivity index (χ2n) is 6.06. The van der Waals surface area contributed by atoms with Crippen molar-refractivity contribution < 1.29 is 37.4 Å². The van der Waals surface area contributed by atoms with E-state index in [4.69, 9.17) is 9.47 Å². The number of hydrogen-bond acceptors (Lipinski definition) is 6. The molecule has 0 bridgehead atoms. The van der Waals surface area contributed by atoms with E-state index in [9.17, 15) is 23.2 Å². The van der Waals surface area contributed by atoms with E-state index in [2.05, 4.69) is 10.1 Å². The summed E-state index contributed by atoms with van der Waals surface area (Å²) >= 11 is 0. The molecule has 0 aliphatic carbocycles. The first-order valence-electron chi connectivity index (χ1n) is 9.05. The normalized spacial score (nSPS) is 10.4. The number of halogens is 2. The van der Waals surface area contributed by atoms with Crippen LogP contribution in [0.1, 0.15) is 40.1 Å². The van der Waals surface area contributed by atoms with Crippen molar-refractivity contribution >= 4 is 17.7 Å². The lowest BCUT2D eigenvalue weighted by molar-refractivity contribution is -0.143. The number of amides is 1. The fourth-order valence-corrected chi connectivity index (χ4v) is 2.48. The van der Waals surface area contributed by atoms with Crippen LogP contribution < -0.4 is 14.8 Å². The van der Waals surface area contributed by atoms with E-state index in [-0.39, 0.29) is 23.7 Å². The molecule has 0 fully saturated rings. The lowest BCUT2D eigenvalue weighted by Crippen LogP contribution is -2.30. The molecule has 160 valence electrons. The highest BCUT2D eigenvalue weighted by Crippen LogP contribution is 2.22. The third kappa shape index (κ3) is 6.84. The average Bonchev–Trinajstić information content (AvgIpc) is 2.71. The van der Waals surface area contributed by atoms with Crippen LogP contribution in [0, 0.1) is 0 Å². The van der Waals surface area contributed by atoms with Gasteiger partial charge in [0, 0.05) is 16.7 Å². The smallest absolute Gasteiger partial charge is 0.387 e. The monoisotopic (exact) mass is 421 g/mol. The molecule has 0 spiro atoms. The van der Waals surface area contributed by atoms with Gasteiger partial charge in [0.25, 0.3) is 5.91 Å². The molecule has 0 saturated heterocycles. The summed E-state index contributed by atoms with van der Waals surface area (Å²) in [6.07, 6.45) is 0. The average molecular weight is 421 g/mol. The van der Waals surface area contributed by atoms with E-state index in [1.165, 1.54) is 25.1 Å². The van der Waals surface area contributed by atoms with E-state index in [1.807, 2.05) is 0 Å². The molecule has 0 unspecified atom stereocenters. The SMILES string of the molecule is CCOc1ccc(C(C)=O)cc1COC(=O)CNC(=O)c1cccc(OC(F)F)c1. The fraction of sp³-hybridized carbons (Fsp3) is 0.286. The van der Waals surface area contributed by atoms with Gasteiger partial charge in [-0.05, 0) is 50.2 Å². The summed E-state index contributed by atoms with van der Waals surface area (Å²) in [6, 6.07) is 10.00. The zero-order chi connectivity index (χ0) is 22.1. The molecule has 0 atom stereocenters. The number of carbonyl (C=O) groups excluding carboxylic acids is 3. The van der Waals surface area contributed by atoms with Crippen LogP contribution in [0.4, 0.5) is 8.78 Å². The van der Waals surface area contributed by atoms with Crippen LogP contribution in [0.2, 0.25) is 0 Å². The first-order chi connectivity index (χ1) is 14.3. The van der Waals surface area contributed by atoms with Gasteiger partial charge < -0.3 is 19.5 Å². The van der Waals surface area contributed by atoms with E-state index >= 15 is 0 Å². The molecule has 0 aliphatic rings. The minimum absolute atomic E-state index is 0.0498. The van der Waals surface area contributed by atoms with Crippen molar-refractivity contribution in [1.29, 1.82) is 0 Å². The summed E-state index contributed by atoms with van der Waals surface area (Å²) in [5, 5.41) is 2.34. The molecule has 0 aliphatic heterocycles. The Morgan fingerprint density at radius 1 is 1.07 bits per heavy atom. The topological polar surface area (TPSA) is 90.9 Å². The summed E-state index contributed by atoms with van der Waals surface area (Å²) in [5.41, 5.74) is 1.01. The molecular formula is C21H21F2NO6. The van der Waals surface area contributed by atoms with Crippen LogP contribution in [0.15, 0.2) is 42.5 Å². The summed E-state index contributed by atoms with van der Waals surface area (Å²) in [5.74, 6) is -1.21. The molecule has 1 amide bonds. The van der Waals surface area contributed by atoms with Crippen molar-refractivity contribution in [3.63, 3.8) is 0 Å². The summed E-state index contributed by atoms with van der Waals surface area (Å²) < 4.78 is 39.4. The molecule has 7 nitrogen and oxygen atoms in total. The van der Waals surface area contributed by atoms with Crippen LogP contribution in [0.25, 0.3) is 0 Å². The van der Waals surface area contributed by atoms with Gasteiger partial charge in [-0.1, -0.05) is 6.07 Å². The third-order valence-electron chi connectivity index (χ3n) is 3.87. The van der Waals surface area contributed by atoms with Crippen molar-refractivity contribution in [3.8, 4) is 11.5 Å². The van der Waals surface area contributed by atoms with Gasteiger partial charge >= 0.3 is 12.6 Å². The molecule has 2 rings (SSSR count). The van der Waals surface area contributed by atoms with Gasteiger partial charge in [-0.15, -0.1) is 0 Å². The van der Waals surface area contributed by atoms with Crippen LogP contribution in [-0.2, 0) is 16.1 Å². The second-order valence-corrected chi connectivity index (χ2v) is 6.06. The molecule has 1 N–H and O–H groups in total. The van der Waals surface area contributed by atoms with Crippen LogP contribution >= 0.6 is 0 Å². The number of rotatable bonds is 10. The molecule has 0 heterocycles. The highest BCUT2D eigenvalue weighted by molar-refractivity contribution is 5.96. The second kappa shape index (κ2) is 10.9. The van der Waals surface area contributed by atoms with Gasteiger partial charge in [0.05, 0.1) is 6.61 Å². The number of Topliss-reactive ketones (excluding diaryl/α,β-unsaturated/α-hetero) is 1. The molecule has 2 aromatic carbocycles. The van der Waals surface area contributed by atoms with E-state index in [1.54, 1.807) is 25.1 Å². The number of benzene rings is 2. The first-order valence-corrected chi connectivity index (χ1v) is 9.05. The van der Waals surface area contributed by atoms with Gasteiger partial charge in [0.1, 0.15) is 24.7 Å². The van der Waals surface area contributed by atoms with Crippen LogP contribution in [0.3, 0.4) is 0 Å². The van der Waals surface area contributed by atoms with E-state index < -0.39 is 25.0 Å². The molecular weight excluding hydrogens is 400 g/mol. The fourth-order valence-electron chi connectivity index (χ4n) is 2.48. The summed E-state index contributed by atoms with van der Waals surface area (Å²) in [4.78, 5) is 35.6. The van der Waals surface area contributed by atoms with Crippen molar-refractivity contribution in [1.82, 2.24) is 5.32 Å². The highest BCUT2D eigenvalue weighted by Gasteiger charge is 2.13. The number of ketones is 1. The van der Waals surface area contributed by atoms with Gasteiger partial charge in [0.15, 0.2) is 5.78 Å². The minimum atomic E-state index is -3.01. The maximum absolute atomic E-state index is 12.3.